The van der Waals surface area contributed by atoms with Gasteiger partial charge in [-0.3, -0.25) is 9.59 Å². The molecule has 2 atom stereocenters. The summed E-state index contributed by atoms with van der Waals surface area (Å²) in [5.41, 5.74) is 6.18. The Morgan fingerprint density at radius 2 is 1.64 bits per heavy atom. The molecule has 1 aliphatic carbocycles. The lowest BCUT2D eigenvalue weighted by Gasteiger charge is -2.31. The van der Waals surface area contributed by atoms with Gasteiger partial charge in [0.2, 0.25) is 5.91 Å². The van der Waals surface area contributed by atoms with Crippen LogP contribution in [0.1, 0.15) is 72.6 Å². The monoisotopic (exact) mass is 310 g/mol. The molecular weight excluding hydrogens is 276 g/mol. The van der Waals surface area contributed by atoms with Crippen LogP contribution in [0.15, 0.2) is 0 Å². The lowest BCUT2D eigenvalue weighted by atomic mass is 9.83. The Bertz CT molecular complexity index is 358. The van der Waals surface area contributed by atoms with Crippen LogP contribution < -0.4 is 11.1 Å². The highest BCUT2D eigenvalue weighted by molar-refractivity contribution is 5.92. The first-order chi connectivity index (χ1) is 10.4. The van der Waals surface area contributed by atoms with Crippen LogP contribution in [-0.4, -0.2) is 23.8 Å². The normalized spacial score (nSPS) is 19.2. The zero-order valence-corrected chi connectivity index (χ0v) is 14.7. The molecule has 0 spiro atoms. The highest BCUT2D eigenvalue weighted by Gasteiger charge is 2.33. The molecule has 1 fully saturated rings. The predicted octanol–water partition coefficient (Wildman–Crippen LogP) is 3.04. The minimum Gasteiger partial charge on any atom is -0.345 e. The molecule has 0 aromatic rings. The fraction of sp³-hybridized carbons (Fsp3) is 0.889. The van der Waals surface area contributed by atoms with E-state index in [-0.39, 0.29) is 29.4 Å². The predicted molar refractivity (Wildman–Crippen MR) is 90.4 cm³/mol. The Hall–Kier alpha value is -0.900. The van der Waals surface area contributed by atoms with Crippen molar-refractivity contribution in [2.75, 3.05) is 0 Å². The van der Waals surface area contributed by atoms with Gasteiger partial charge in [0.05, 0.1) is 12.1 Å². The van der Waals surface area contributed by atoms with Crippen LogP contribution in [0.2, 0.25) is 0 Å². The van der Waals surface area contributed by atoms with Crippen molar-refractivity contribution in [3.05, 3.63) is 0 Å². The van der Waals surface area contributed by atoms with Crippen LogP contribution in [0, 0.1) is 17.8 Å². The second kappa shape index (κ2) is 9.29. The van der Waals surface area contributed by atoms with Crippen molar-refractivity contribution in [3.63, 3.8) is 0 Å². The number of carbonyl (C=O) groups excluding carboxylic acids is 2. The molecule has 4 nitrogen and oxygen atoms in total. The molecule has 0 aromatic carbocycles. The van der Waals surface area contributed by atoms with Gasteiger partial charge in [-0.15, -0.1) is 0 Å². The Balaban J connectivity index is 2.74. The molecular formula is C18H34N2O2. The van der Waals surface area contributed by atoms with Gasteiger partial charge < -0.3 is 11.1 Å². The molecule has 1 aliphatic rings. The first-order valence-corrected chi connectivity index (χ1v) is 9.01. The van der Waals surface area contributed by atoms with E-state index in [4.69, 9.17) is 5.73 Å². The Kier molecular flexibility index (Phi) is 8.08. The third kappa shape index (κ3) is 5.08. The third-order valence-corrected chi connectivity index (χ3v) is 5.15. The lowest BCUT2D eigenvalue weighted by molar-refractivity contribution is -0.132. The van der Waals surface area contributed by atoms with Crippen molar-refractivity contribution < 1.29 is 9.59 Å². The number of nitrogens with one attached hydrogen (secondary N) is 1. The van der Waals surface area contributed by atoms with E-state index >= 15 is 0 Å². The minimum absolute atomic E-state index is 0.0724. The molecule has 128 valence electrons. The van der Waals surface area contributed by atoms with Gasteiger partial charge >= 0.3 is 0 Å². The molecule has 1 rings (SSSR count). The number of rotatable bonds is 8. The second-order valence-corrected chi connectivity index (χ2v) is 7.04. The summed E-state index contributed by atoms with van der Waals surface area (Å²) in [5, 5.41) is 2.98. The maximum Gasteiger partial charge on any atom is 0.237 e. The fourth-order valence-corrected chi connectivity index (χ4v) is 3.50. The van der Waals surface area contributed by atoms with E-state index < -0.39 is 12.1 Å². The van der Waals surface area contributed by atoms with Crippen LogP contribution >= 0.6 is 0 Å². The maximum absolute atomic E-state index is 12.5. The number of carbonyl (C=O) groups is 2. The summed E-state index contributed by atoms with van der Waals surface area (Å²) in [4.78, 5) is 25.0. The van der Waals surface area contributed by atoms with E-state index in [9.17, 15) is 9.59 Å². The van der Waals surface area contributed by atoms with Gasteiger partial charge in [0.15, 0.2) is 5.78 Å². The molecule has 3 N–H and O–H groups in total. The fourth-order valence-electron chi connectivity index (χ4n) is 3.50. The molecule has 0 aliphatic heterocycles. The van der Waals surface area contributed by atoms with E-state index in [0.717, 1.165) is 38.5 Å². The van der Waals surface area contributed by atoms with E-state index in [1.807, 2.05) is 13.8 Å². The molecule has 0 aromatic heterocycles. The van der Waals surface area contributed by atoms with Crippen LogP contribution in [0.5, 0.6) is 0 Å². The average Bonchev–Trinajstić information content (AvgIpc) is 2.54. The summed E-state index contributed by atoms with van der Waals surface area (Å²) in [6.45, 7) is 7.93. The molecule has 0 radical (unpaired) electrons. The minimum atomic E-state index is -0.475. The van der Waals surface area contributed by atoms with Crippen molar-refractivity contribution in [1.82, 2.24) is 5.32 Å². The average molecular weight is 310 g/mol. The number of amides is 1. The molecule has 1 unspecified atom stereocenters. The quantitative estimate of drug-likeness (QED) is 0.724. The van der Waals surface area contributed by atoms with Crippen LogP contribution in [0.4, 0.5) is 0 Å². The number of hydrogen-bond donors (Lipinski definition) is 2. The molecule has 0 bridgehead atoms. The zero-order valence-electron chi connectivity index (χ0n) is 14.7. The van der Waals surface area contributed by atoms with E-state index in [1.165, 1.54) is 6.42 Å². The van der Waals surface area contributed by atoms with Gasteiger partial charge in [0.25, 0.3) is 0 Å². The van der Waals surface area contributed by atoms with Gasteiger partial charge in [-0.2, -0.15) is 0 Å². The highest BCUT2D eigenvalue weighted by Crippen LogP contribution is 2.26. The molecule has 4 heteroatoms. The van der Waals surface area contributed by atoms with Gasteiger partial charge in [0.1, 0.15) is 0 Å². The summed E-state index contributed by atoms with van der Waals surface area (Å²) < 4.78 is 0. The molecule has 0 heterocycles. The van der Waals surface area contributed by atoms with Crippen LogP contribution in [0.25, 0.3) is 0 Å². The summed E-state index contributed by atoms with van der Waals surface area (Å²) in [7, 11) is 0. The van der Waals surface area contributed by atoms with Crippen molar-refractivity contribution >= 4 is 11.7 Å². The Labute approximate surface area is 135 Å². The Morgan fingerprint density at radius 1 is 1.09 bits per heavy atom. The number of hydrogen-bond acceptors (Lipinski definition) is 3. The molecule has 22 heavy (non-hydrogen) atoms. The first-order valence-electron chi connectivity index (χ1n) is 9.01. The van der Waals surface area contributed by atoms with Gasteiger partial charge in [-0.25, -0.2) is 0 Å². The largest absolute Gasteiger partial charge is 0.345 e. The van der Waals surface area contributed by atoms with E-state index in [1.54, 1.807) is 0 Å². The maximum atomic E-state index is 12.5. The molecule has 0 saturated heterocycles. The second-order valence-electron chi connectivity index (χ2n) is 7.04. The lowest BCUT2D eigenvalue weighted by Crippen LogP contribution is -2.54. The van der Waals surface area contributed by atoms with Gasteiger partial charge in [-0.1, -0.05) is 59.8 Å². The van der Waals surface area contributed by atoms with Gasteiger partial charge in [0, 0.05) is 5.92 Å². The SMILES string of the molecule is CCC(CC)[C@H](NC(=O)C(N)C1CCCCC1)C(=O)C(C)C. The summed E-state index contributed by atoms with van der Waals surface area (Å²) in [6, 6.07) is -0.866. The van der Waals surface area contributed by atoms with E-state index in [2.05, 4.69) is 19.2 Å². The summed E-state index contributed by atoms with van der Waals surface area (Å²) in [5.74, 6) is 0.371. The van der Waals surface area contributed by atoms with E-state index in [0.29, 0.717) is 0 Å². The van der Waals surface area contributed by atoms with Crippen molar-refractivity contribution in [1.29, 1.82) is 0 Å². The standard InChI is InChI=1S/C18H34N2O2/c1-5-13(6-2)16(17(21)12(3)4)20-18(22)15(19)14-10-8-7-9-11-14/h12-16H,5-11,19H2,1-4H3,(H,20,22)/t15?,16-/m0/s1. The highest BCUT2D eigenvalue weighted by atomic mass is 16.2. The van der Waals surface area contributed by atoms with Crippen molar-refractivity contribution in [3.8, 4) is 0 Å². The summed E-state index contributed by atoms with van der Waals surface area (Å²) in [6.07, 6.45) is 7.40. The van der Waals surface area contributed by atoms with Gasteiger partial charge in [-0.05, 0) is 24.7 Å². The summed E-state index contributed by atoms with van der Waals surface area (Å²) >= 11 is 0. The van der Waals surface area contributed by atoms with Crippen LogP contribution in [0.3, 0.4) is 0 Å². The third-order valence-electron chi connectivity index (χ3n) is 5.15. The molecule has 1 amide bonds. The topological polar surface area (TPSA) is 72.2 Å². The van der Waals surface area contributed by atoms with Crippen molar-refractivity contribution in [2.24, 2.45) is 23.5 Å². The number of ketones is 1. The molecule has 1 saturated carbocycles. The first kappa shape index (κ1) is 19.1. The number of Topliss-reactive ketones (excluding diaryl/α,β-unsaturated/α-hetero) is 1. The van der Waals surface area contributed by atoms with Crippen LogP contribution in [-0.2, 0) is 9.59 Å². The number of nitrogens with two attached hydrogens (primary N) is 1. The van der Waals surface area contributed by atoms with Crippen molar-refractivity contribution in [2.45, 2.75) is 84.7 Å². The Morgan fingerprint density at radius 3 is 2.09 bits per heavy atom. The zero-order chi connectivity index (χ0) is 16.7. The smallest absolute Gasteiger partial charge is 0.237 e.